The molecule has 0 saturated heterocycles. The van der Waals surface area contributed by atoms with Crippen molar-refractivity contribution < 1.29 is 4.74 Å². The van der Waals surface area contributed by atoms with E-state index in [1.54, 1.807) is 7.11 Å². The Hall–Kier alpha value is -1.09. The summed E-state index contributed by atoms with van der Waals surface area (Å²) in [6.45, 7) is 8.17. The fraction of sp³-hybridized carbons (Fsp3) is 0.583. The molecule has 2 atom stereocenters. The van der Waals surface area contributed by atoms with Crippen LogP contribution in [0.15, 0.2) is 12.1 Å². The van der Waals surface area contributed by atoms with Crippen molar-refractivity contribution in [2.45, 2.75) is 39.8 Å². The monoisotopic (exact) mass is 208 g/mol. The normalized spacial score (nSPS) is 14.7. The van der Waals surface area contributed by atoms with Crippen molar-refractivity contribution in [2.24, 2.45) is 0 Å². The van der Waals surface area contributed by atoms with Crippen molar-refractivity contribution in [3.63, 3.8) is 0 Å². The third-order valence-corrected chi connectivity index (χ3v) is 2.68. The van der Waals surface area contributed by atoms with Gasteiger partial charge in [-0.05, 0) is 39.8 Å². The Kier molecular flexibility index (Phi) is 4.09. The van der Waals surface area contributed by atoms with Crippen molar-refractivity contribution >= 4 is 5.69 Å². The molecule has 2 unspecified atom stereocenters. The van der Waals surface area contributed by atoms with Crippen LogP contribution in [-0.2, 0) is 4.74 Å². The van der Waals surface area contributed by atoms with Crippen LogP contribution in [0.2, 0.25) is 0 Å². The van der Waals surface area contributed by atoms with E-state index in [1.807, 2.05) is 19.9 Å². The lowest BCUT2D eigenvalue weighted by atomic mass is 10.2. The number of rotatable bonds is 4. The maximum absolute atomic E-state index is 5.26. The number of hydrogen-bond acceptors (Lipinski definition) is 3. The van der Waals surface area contributed by atoms with Crippen LogP contribution in [0.4, 0.5) is 5.69 Å². The summed E-state index contributed by atoms with van der Waals surface area (Å²) in [5, 5.41) is 3.40. The van der Waals surface area contributed by atoms with Crippen LogP contribution in [-0.4, -0.2) is 24.2 Å². The average Bonchev–Trinajstić information content (AvgIpc) is 2.20. The molecule has 0 aliphatic carbocycles. The maximum atomic E-state index is 5.26. The summed E-state index contributed by atoms with van der Waals surface area (Å²) in [5.41, 5.74) is 3.16. The zero-order valence-electron chi connectivity index (χ0n) is 10.2. The minimum absolute atomic E-state index is 0.186. The molecule has 0 aromatic carbocycles. The Bertz CT molecular complexity index is 325. The van der Waals surface area contributed by atoms with E-state index < -0.39 is 0 Å². The van der Waals surface area contributed by atoms with Gasteiger partial charge in [-0.25, -0.2) is 0 Å². The average molecular weight is 208 g/mol. The summed E-state index contributed by atoms with van der Waals surface area (Å²) >= 11 is 0. The summed E-state index contributed by atoms with van der Waals surface area (Å²) in [5.74, 6) is 0. The molecule has 0 aliphatic rings. The molecule has 1 aromatic rings. The van der Waals surface area contributed by atoms with E-state index in [4.69, 9.17) is 4.74 Å². The van der Waals surface area contributed by atoms with Gasteiger partial charge in [-0.15, -0.1) is 0 Å². The minimum Gasteiger partial charge on any atom is -0.380 e. The second-order valence-corrected chi connectivity index (χ2v) is 3.96. The Morgan fingerprint density at radius 1 is 1.27 bits per heavy atom. The minimum atomic E-state index is 0.186. The van der Waals surface area contributed by atoms with Crippen molar-refractivity contribution in [2.75, 3.05) is 12.4 Å². The van der Waals surface area contributed by atoms with Crippen molar-refractivity contribution in [3.05, 3.63) is 23.5 Å². The second-order valence-electron chi connectivity index (χ2n) is 3.96. The number of aromatic nitrogens is 1. The van der Waals surface area contributed by atoms with Crippen molar-refractivity contribution in [3.8, 4) is 0 Å². The first-order chi connectivity index (χ1) is 7.04. The van der Waals surface area contributed by atoms with Crippen LogP contribution < -0.4 is 5.32 Å². The number of pyridine rings is 1. The highest BCUT2D eigenvalue weighted by Crippen LogP contribution is 2.15. The molecule has 1 N–H and O–H groups in total. The maximum Gasteiger partial charge on any atom is 0.0741 e. The van der Waals surface area contributed by atoms with E-state index in [0.29, 0.717) is 0 Å². The van der Waals surface area contributed by atoms with Crippen LogP contribution in [0.1, 0.15) is 25.2 Å². The third-order valence-electron chi connectivity index (χ3n) is 2.68. The molecule has 3 nitrogen and oxygen atoms in total. The van der Waals surface area contributed by atoms with Crippen LogP contribution in [0, 0.1) is 13.8 Å². The Morgan fingerprint density at radius 3 is 2.47 bits per heavy atom. The molecule has 1 aromatic heterocycles. The van der Waals surface area contributed by atoms with Crippen molar-refractivity contribution in [1.29, 1.82) is 0 Å². The molecule has 0 fully saturated rings. The molecule has 1 heterocycles. The number of hydrogen-bond donors (Lipinski definition) is 1. The van der Waals surface area contributed by atoms with Gasteiger partial charge in [-0.1, -0.05) is 0 Å². The van der Waals surface area contributed by atoms with Gasteiger partial charge in [0.1, 0.15) is 0 Å². The van der Waals surface area contributed by atoms with Gasteiger partial charge in [0.15, 0.2) is 0 Å². The molecule has 0 amide bonds. The van der Waals surface area contributed by atoms with Gasteiger partial charge in [0.25, 0.3) is 0 Å². The molecule has 0 aliphatic heterocycles. The summed E-state index contributed by atoms with van der Waals surface area (Å²) in [6, 6.07) is 4.36. The van der Waals surface area contributed by atoms with Crippen LogP contribution >= 0.6 is 0 Å². The molecule has 0 spiro atoms. The molecular weight excluding hydrogens is 188 g/mol. The van der Waals surface area contributed by atoms with Gasteiger partial charge >= 0.3 is 0 Å². The van der Waals surface area contributed by atoms with E-state index in [-0.39, 0.29) is 12.1 Å². The Labute approximate surface area is 91.9 Å². The van der Waals surface area contributed by atoms with Crippen molar-refractivity contribution in [1.82, 2.24) is 4.98 Å². The number of nitrogens with one attached hydrogen (secondary N) is 1. The van der Waals surface area contributed by atoms with Gasteiger partial charge in [-0.2, -0.15) is 0 Å². The highest BCUT2D eigenvalue weighted by Gasteiger charge is 2.11. The van der Waals surface area contributed by atoms with Crippen LogP contribution in [0.25, 0.3) is 0 Å². The lowest BCUT2D eigenvalue weighted by Gasteiger charge is -2.21. The lowest BCUT2D eigenvalue weighted by molar-refractivity contribution is 0.106. The molecule has 0 saturated carbocycles. The van der Waals surface area contributed by atoms with E-state index in [9.17, 15) is 0 Å². The van der Waals surface area contributed by atoms with Crippen LogP contribution in [0.5, 0.6) is 0 Å². The summed E-state index contributed by atoms with van der Waals surface area (Å²) < 4.78 is 5.26. The van der Waals surface area contributed by atoms with Gasteiger partial charge in [0.2, 0.25) is 0 Å². The molecule has 3 heteroatoms. The molecule has 15 heavy (non-hydrogen) atoms. The molecule has 1 rings (SSSR count). The predicted octanol–water partition coefficient (Wildman–Crippen LogP) is 2.53. The first-order valence-electron chi connectivity index (χ1n) is 5.28. The number of nitrogens with zero attached hydrogens (tertiary/aromatic N) is 1. The first kappa shape index (κ1) is 12.0. The summed E-state index contributed by atoms with van der Waals surface area (Å²) in [7, 11) is 1.73. The van der Waals surface area contributed by atoms with E-state index >= 15 is 0 Å². The number of ether oxygens (including phenoxy) is 1. The van der Waals surface area contributed by atoms with E-state index in [0.717, 1.165) is 17.1 Å². The standard InChI is InChI=1S/C12H20N2O/c1-8-6-7-12(10(3)13-8)14-9(2)11(4)15-5/h6-7,9,11,14H,1-5H3. The second kappa shape index (κ2) is 5.12. The quantitative estimate of drug-likeness (QED) is 0.825. The zero-order chi connectivity index (χ0) is 11.4. The SMILES string of the molecule is COC(C)C(C)Nc1ccc(C)nc1C. The smallest absolute Gasteiger partial charge is 0.0741 e. The number of aryl methyl sites for hydroxylation is 2. The van der Waals surface area contributed by atoms with E-state index in [1.165, 1.54) is 0 Å². The largest absolute Gasteiger partial charge is 0.380 e. The van der Waals surface area contributed by atoms with E-state index in [2.05, 4.69) is 30.2 Å². The summed E-state index contributed by atoms with van der Waals surface area (Å²) in [4.78, 5) is 4.41. The van der Waals surface area contributed by atoms with Gasteiger partial charge in [0.05, 0.1) is 17.5 Å². The van der Waals surface area contributed by atoms with Gasteiger partial charge in [0, 0.05) is 18.8 Å². The fourth-order valence-corrected chi connectivity index (χ4v) is 1.41. The third kappa shape index (κ3) is 3.20. The molecule has 84 valence electrons. The predicted molar refractivity (Wildman–Crippen MR) is 63.3 cm³/mol. The van der Waals surface area contributed by atoms with Crippen LogP contribution in [0.3, 0.4) is 0 Å². The topological polar surface area (TPSA) is 34.1 Å². The van der Waals surface area contributed by atoms with Gasteiger partial charge < -0.3 is 10.1 Å². The molecular formula is C12H20N2O. The lowest BCUT2D eigenvalue weighted by Crippen LogP contribution is -2.30. The first-order valence-corrected chi connectivity index (χ1v) is 5.28. The number of methoxy groups -OCH3 is 1. The Morgan fingerprint density at radius 2 is 1.93 bits per heavy atom. The molecule has 0 radical (unpaired) electrons. The Balaban J connectivity index is 2.72. The highest BCUT2D eigenvalue weighted by molar-refractivity contribution is 5.48. The molecule has 0 bridgehead atoms. The summed E-state index contributed by atoms with van der Waals surface area (Å²) in [6.07, 6.45) is 0.186. The zero-order valence-corrected chi connectivity index (χ0v) is 10.2. The fourth-order valence-electron chi connectivity index (χ4n) is 1.41. The number of anilines is 1. The highest BCUT2D eigenvalue weighted by atomic mass is 16.5. The van der Waals surface area contributed by atoms with Gasteiger partial charge in [-0.3, -0.25) is 4.98 Å².